The summed E-state index contributed by atoms with van der Waals surface area (Å²) < 4.78 is 43.0. The van der Waals surface area contributed by atoms with E-state index in [1.807, 2.05) is 0 Å². The second-order valence-corrected chi connectivity index (χ2v) is 10.0. The van der Waals surface area contributed by atoms with Gasteiger partial charge in [-0.2, -0.15) is 24.9 Å². The second-order valence-electron chi connectivity index (χ2n) is 8.06. The Kier molecular flexibility index (Phi) is 5.90. The van der Waals surface area contributed by atoms with Crippen LogP contribution in [-0.2, 0) is 10.4 Å². The van der Waals surface area contributed by atoms with Gasteiger partial charge in [0.05, 0.1) is 17.7 Å². The Bertz CT molecular complexity index is 1310. The lowest BCUT2D eigenvalue weighted by Crippen LogP contribution is -2.44. The Morgan fingerprint density at radius 2 is 1.79 bits per heavy atom. The number of halogens is 5. The molecule has 1 amide bonds. The van der Waals surface area contributed by atoms with Crippen LogP contribution in [0.25, 0.3) is 10.8 Å². The molecule has 2 aromatic carbocycles. The molecule has 5 rings (SSSR count). The molecule has 1 saturated heterocycles. The fraction of sp³-hybridized carbons (Fsp3) is 0.261. The molecule has 3 aromatic rings. The molecule has 0 aliphatic carbocycles. The van der Waals surface area contributed by atoms with E-state index in [-0.39, 0.29) is 39.0 Å². The lowest BCUT2D eigenvalue weighted by Gasteiger charge is -2.29. The minimum absolute atomic E-state index is 0.00646. The molecule has 0 spiro atoms. The SMILES string of the molecule is O=C(NC1CSC1)c1cnc(C2=NOC(c3cc(Cl)cc(Cl)c3)(C(F)(F)F)C2)c2ccccc12. The molecule has 0 radical (unpaired) electrons. The molecule has 1 aromatic heterocycles. The van der Waals surface area contributed by atoms with Gasteiger partial charge in [-0.25, -0.2) is 0 Å². The Hall–Kier alpha value is -2.49. The molecule has 0 saturated carbocycles. The highest BCUT2D eigenvalue weighted by Gasteiger charge is 2.62. The predicted octanol–water partition coefficient (Wildman–Crippen LogP) is 5.97. The number of fused-ring (bicyclic) bond motifs is 1. The third-order valence-electron chi connectivity index (χ3n) is 5.80. The van der Waals surface area contributed by atoms with Crippen molar-refractivity contribution < 1.29 is 22.8 Å². The van der Waals surface area contributed by atoms with E-state index in [4.69, 9.17) is 28.0 Å². The Balaban J connectivity index is 1.54. The largest absolute Gasteiger partial charge is 0.435 e. The first-order chi connectivity index (χ1) is 16.2. The standard InChI is InChI=1S/C23H16Cl2F3N3O2S/c24-13-5-12(6-14(25)7-13)22(23(26,27)28)8-19(31-33-22)20-17-4-2-1-3-16(17)18(9-29-20)21(32)30-15-10-34-11-15/h1-7,9,15H,8,10-11H2,(H,30,32). The van der Waals surface area contributed by atoms with Crippen LogP contribution in [0.3, 0.4) is 0 Å². The lowest BCUT2D eigenvalue weighted by atomic mass is 9.86. The Morgan fingerprint density at radius 1 is 1.12 bits per heavy atom. The van der Waals surface area contributed by atoms with Crippen LogP contribution in [0.4, 0.5) is 13.2 Å². The Morgan fingerprint density at radius 3 is 2.41 bits per heavy atom. The molecule has 3 heterocycles. The summed E-state index contributed by atoms with van der Waals surface area (Å²) in [5.41, 5.74) is -2.45. The minimum Gasteiger partial charge on any atom is -0.374 e. The third kappa shape index (κ3) is 3.99. The molecular formula is C23H16Cl2F3N3O2S. The highest BCUT2D eigenvalue weighted by atomic mass is 35.5. The zero-order valence-electron chi connectivity index (χ0n) is 17.3. The minimum atomic E-state index is -4.82. The van der Waals surface area contributed by atoms with Crippen molar-refractivity contribution in [1.82, 2.24) is 10.3 Å². The number of hydrogen-bond donors (Lipinski definition) is 1. The van der Waals surface area contributed by atoms with E-state index < -0.39 is 18.2 Å². The molecule has 34 heavy (non-hydrogen) atoms. The van der Waals surface area contributed by atoms with E-state index >= 15 is 0 Å². The number of alkyl halides is 3. The van der Waals surface area contributed by atoms with Crippen molar-refractivity contribution in [2.24, 2.45) is 5.16 Å². The highest BCUT2D eigenvalue weighted by Crippen LogP contribution is 2.50. The fourth-order valence-electron chi connectivity index (χ4n) is 4.00. The number of rotatable bonds is 4. The van der Waals surface area contributed by atoms with Crippen LogP contribution in [0.15, 0.2) is 53.8 Å². The van der Waals surface area contributed by atoms with Gasteiger partial charge in [-0.05, 0) is 23.6 Å². The molecule has 5 nitrogen and oxygen atoms in total. The number of carbonyl (C=O) groups is 1. The predicted molar refractivity (Wildman–Crippen MR) is 127 cm³/mol. The zero-order chi connectivity index (χ0) is 24.1. The van der Waals surface area contributed by atoms with Gasteiger partial charge in [0, 0.05) is 44.7 Å². The summed E-state index contributed by atoms with van der Waals surface area (Å²) in [5, 5.41) is 7.92. The molecule has 11 heteroatoms. The first kappa shape index (κ1) is 23.3. The van der Waals surface area contributed by atoms with E-state index in [0.717, 1.165) is 23.6 Å². The van der Waals surface area contributed by atoms with Crippen molar-refractivity contribution in [2.45, 2.75) is 24.2 Å². The summed E-state index contributed by atoms with van der Waals surface area (Å²) in [4.78, 5) is 22.2. The summed E-state index contributed by atoms with van der Waals surface area (Å²) in [6.45, 7) is 0. The summed E-state index contributed by atoms with van der Waals surface area (Å²) >= 11 is 13.7. The van der Waals surface area contributed by atoms with Crippen molar-refractivity contribution in [3.05, 3.63) is 75.5 Å². The Labute approximate surface area is 206 Å². The summed E-state index contributed by atoms with van der Waals surface area (Å²) in [6, 6.07) is 10.7. The smallest absolute Gasteiger partial charge is 0.374 e. The quantitative estimate of drug-likeness (QED) is 0.455. The molecule has 1 unspecified atom stereocenters. The van der Waals surface area contributed by atoms with Gasteiger partial charge < -0.3 is 10.2 Å². The van der Waals surface area contributed by atoms with Crippen LogP contribution in [0.1, 0.15) is 28.0 Å². The van der Waals surface area contributed by atoms with Crippen molar-refractivity contribution in [2.75, 3.05) is 11.5 Å². The van der Waals surface area contributed by atoms with Gasteiger partial charge in [0.25, 0.3) is 11.5 Å². The van der Waals surface area contributed by atoms with Crippen molar-refractivity contribution >= 4 is 57.4 Å². The van der Waals surface area contributed by atoms with Gasteiger partial charge in [0.2, 0.25) is 0 Å². The van der Waals surface area contributed by atoms with Gasteiger partial charge in [0.1, 0.15) is 5.71 Å². The van der Waals surface area contributed by atoms with E-state index in [9.17, 15) is 18.0 Å². The zero-order valence-corrected chi connectivity index (χ0v) is 19.7. The molecular weight excluding hydrogens is 510 g/mol. The van der Waals surface area contributed by atoms with Crippen LogP contribution in [0.2, 0.25) is 10.0 Å². The fourth-order valence-corrected chi connectivity index (χ4v) is 5.17. The molecule has 2 aliphatic heterocycles. The molecule has 1 atom stereocenters. The molecule has 1 fully saturated rings. The third-order valence-corrected chi connectivity index (χ3v) is 7.51. The van der Waals surface area contributed by atoms with E-state index in [0.29, 0.717) is 16.3 Å². The first-order valence-corrected chi connectivity index (χ1v) is 12.1. The summed E-state index contributed by atoms with van der Waals surface area (Å²) in [6.07, 6.45) is -4.08. The molecule has 2 aliphatic rings. The van der Waals surface area contributed by atoms with Crippen molar-refractivity contribution in [1.29, 1.82) is 0 Å². The number of benzene rings is 2. The highest BCUT2D eigenvalue weighted by molar-refractivity contribution is 8.00. The van der Waals surface area contributed by atoms with E-state index in [1.54, 1.807) is 36.0 Å². The summed E-state index contributed by atoms with van der Waals surface area (Å²) in [5.74, 6) is 1.41. The van der Waals surface area contributed by atoms with Crippen LogP contribution >= 0.6 is 35.0 Å². The van der Waals surface area contributed by atoms with Crippen LogP contribution < -0.4 is 5.32 Å². The number of pyridine rings is 1. The van der Waals surface area contributed by atoms with Crippen LogP contribution in [0.5, 0.6) is 0 Å². The van der Waals surface area contributed by atoms with Crippen LogP contribution in [-0.4, -0.2) is 40.3 Å². The summed E-state index contributed by atoms with van der Waals surface area (Å²) in [7, 11) is 0. The second kappa shape index (κ2) is 8.62. The van der Waals surface area contributed by atoms with E-state index in [1.165, 1.54) is 12.3 Å². The monoisotopic (exact) mass is 525 g/mol. The number of nitrogens with one attached hydrogen (secondary N) is 1. The number of oxime groups is 1. The van der Waals surface area contributed by atoms with Gasteiger partial charge >= 0.3 is 6.18 Å². The van der Waals surface area contributed by atoms with Gasteiger partial charge in [-0.1, -0.05) is 52.6 Å². The topological polar surface area (TPSA) is 63.6 Å². The maximum atomic E-state index is 14.3. The maximum absolute atomic E-state index is 14.3. The average molecular weight is 526 g/mol. The number of carbonyl (C=O) groups excluding carboxylic acids is 1. The van der Waals surface area contributed by atoms with Crippen LogP contribution in [0, 0.1) is 0 Å². The first-order valence-electron chi connectivity index (χ1n) is 10.2. The van der Waals surface area contributed by atoms with Gasteiger partial charge in [0.15, 0.2) is 0 Å². The van der Waals surface area contributed by atoms with Crippen molar-refractivity contribution in [3.8, 4) is 0 Å². The maximum Gasteiger partial charge on any atom is 0.435 e. The number of aromatic nitrogens is 1. The molecule has 1 N–H and O–H groups in total. The van der Waals surface area contributed by atoms with Gasteiger partial charge in [-0.3, -0.25) is 9.78 Å². The van der Waals surface area contributed by atoms with Gasteiger partial charge in [-0.15, -0.1) is 0 Å². The lowest BCUT2D eigenvalue weighted by molar-refractivity contribution is -0.275. The number of nitrogens with zero attached hydrogens (tertiary/aromatic N) is 2. The number of amides is 1. The van der Waals surface area contributed by atoms with E-state index in [2.05, 4.69) is 15.5 Å². The van der Waals surface area contributed by atoms with Crippen molar-refractivity contribution in [3.63, 3.8) is 0 Å². The normalized spacial score (nSPS) is 20.6. The molecule has 0 bridgehead atoms. The average Bonchev–Trinajstić information content (AvgIpc) is 3.21. The molecule has 176 valence electrons. The number of hydrogen-bond acceptors (Lipinski definition) is 5. The number of thioether (sulfide) groups is 1.